The van der Waals surface area contributed by atoms with Crippen molar-refractivity contribution < 1.29 is 0 Å². The average molecular weight is 1120 g/mol. The van der Waals surface area contributed by atoms with Crippen LogP contribution in [0.1, 0.15) is 0 Å². The van der Waals surface area contributed by atoms with Gasteiger partial charge in [-0.25, -0.2) is 15.0 Å². The summed E-state index contributed by atoms with van der Waals surface area (Å²) >= 11 is 0. The molecular weight excluding hydrogens is 1070 g/mol. The molecule has 0 bridgehead atoms. The Balaban J connectivity index is 0.891. The highest BCUT2D eigenvalue weighted by atomic mass is 15.1. The largest absolute Gasteiger partial charge is 0.309 e. The SMILES string of the molecule is c1ccc(-c2nc(-c3ccccc3)nc(-c3ccc(-n4c5ccc(-c6ccc7c(c6)c6ccccc6n7-c6ccccc6)cc5c5cc(-c6ccc7c(c6)c6ccccc6n7-c6ccccc6)ccc54)c(-n4c5ccccc5c5ccccc54)c3)n2)cc1. The van der Waals surface area contributed by atoms with Crippen LogP contribution in [0.3, 0.4) is 0 Å². The van der Waals surface area contributed by atoms with Gasteiger partial charge in [-0.3, -0.25) is 0 Å². The molecule has 7 nitrogen and oxygen atoms in total. The molecule has 0 amide bonds. The molecule has 5 heterocycles. The minimum Gasteiger partial charge on any atom is -0.309 e. The topological polar surface area (TPSA) is 58.4 Å². The summed E-state index contributed by atoms with van der Waals surface area (Å²) in [5, 5.41) is 9.53. The molecule has 0 radical (unpaired) electrons. The molecule has 0 aliphatic carbocycles. The molecule has 0 aliphatic rings. The van der Waals surface area contributed by atoms with E-state index in [1.54, 1.807) is 0 Å². The zero-order valence-corrected chi connectivity index (χ0v) is 47.6. The van der Waals surface area contributed by atoms with Crippen molar-refractivity contribution in [2.75, 3.05) is 0 Å². The quantitative estimate of drug-likeness (QED) is 0.145. The fourth-order valence-corrected chi connectivity index (χ4v) is 13.8. The van der Waals surface area contributed by atoms with Crippen LogP contribution >= 0.6 is 0 Å². The van der Waals surface area contributed by atoms with Crippen molar-refractivity contribution in [3.05, 3.63) is 309 Å². The number of fused-ring (bicyclic) bond motifs is 12. The molecule has 0 N–H and O–H groups in total. The highest BCUT2D eigenvalue weighted by Crippen LogP contribution is 2.44. The van der Waals surface area contributed by atoms with E-state index in [9.17, 15) is 0 Å². The van der Waals surface area contributed by atoms with Gasteiger partial charge in [0.15, 0.2) is 17.5 Å². The van der Waals surface area contributed by atoms with E-state index in [0.29, 0.717) is 17.5 Å². The number of hydrogen-bond donors (Lipinski definition) is 0. The molecule has 0 saturated heterocycles. The lowest BCUT2D eigenvalue weighted by atomic mass is 9.98. The Labute approximate surface area is 506 Å². The molecule has 410 valence electrons. The van der Waals surface area contributed by atoms with Gasteiger partial charge in [0.1, 0.15) is 0 Å². The Morgan fingerprint density at radius 3 is 0.841 bits per heavy atom. The predicted molar refractivity (Wildman–Crippen MR) is 364 cm³/mol. The third-order valence-electron chi connectivity index (χ3n) is 17.8. The van der Waals surface area contributed by atoms with Crippen molar-refractivity contribution in [2.24, 2.45) is 0 Å². The molecule has 18 aromatic rings. The Morgan fingerprint density at radius 2 is 0.443 bits per heavy atom. The third-order valence-corrected chi connectivity index (χ3v) is 17.8. The molecule has 0 spiro atoms. The van der Waals surface area contributed by atoms with Gasteiger partial charge in [-0.05, 0) is 138 Å². The first-order valence-electron chi connectivity index (χ1n) is 29.9. The van der Waals surface area contributed by atoms with Crippen LogP contribution in [-0.4, -0.2) is 33.2 Å². The number of hydrogen-bond acceptors (Lipinski definition) is 3. The van der Waals surface area contributed by atoms with Crippen molar-refractivity contribution in [1.82, 2.24) is 33.2 Å². The molecule has 0 fully saturated rings. The molecule has 0 unspecified atom stereocenters. The van der Waals surface area contributed by atoms with Gasteiger partial charge in [0, 0.05) is 71.2 Å². The Bertz CT molecular complexity index is 5470. The maximum absolute atomic E-state index is 5.28. The van der Waals surface area contributed by atoms with Crippen molar-refractivity contribution in [3.63, 3.8) is 0 Å². The molecule has 13 aromatic carbocycles. The maximum atomic E-state index is 5.28. The Hall–Kier alpha value is -11.9. The molecule has 88 heavy (non-hydrogen) atoms. The van der Waals surface area contributed by atoms with Gasteiger partial charge in [0.25, 0.3) is 0 Å². The van der Waals surface area contributed by atoms with Gasteiger partial charge < -0.3 is 18.3 Å². The molecule has 7 heteroatoms. The van der Waals surface area contributed by atoms with Crippen LogP contribution in [0.5, 0.6) is 0 Å². The summed E-state index contributed by atoms with van der Waals surface area (Å²) in [6, 6.07) is 112. The zero-order chi connectivity index (χ0) is 57.8. The fourth-order valence-electron chi connectivity index (χ4n) is 13.8. The van der Waals surface area contributed by atoms with Gasteiger partial charge in [0.2, 0.25) is 0 Å². The van der Waals surface area contributed by atoms with Crippen LogP contribution in [0.25, 0.3) is 166 Å². The van der Waals surface area contributed by atoms with Gasteiger partial charge in [0.05, 0.1) is 55.5 Å². The smallest absolute Gasteiger partial charge is 0.164 e. The molecular formula is C81H51N7. The number of rotatable bonds is 9. The van der Waals surface area contributed by atoms with E-state index < -0.39 is 0 Å². The average Bonchev–Trinajstić information content (AvgIpc) is 2.01. The summed E-state index contributed by atoms with van der Waals surface area (Å²) in [6.07, 6.45) is 0. The van der Waals surface area contributed by atoms with E-state index in [2.05, 4.69) is 291 Å². The second-order valence-corrected chi connectivity index (χ2v) is 22.8. The number of benzene rings is 13. The molecule has 0 atom stereocenters. The highest BCUT2D eigenvalue weighted by molar-refractivity contribution is 6.16. The summed E-state index contributed by atoms with van der Waals surface area (Å²) in [5.41, 5.74) is 20.7. The maximum Gasteiger partial charge on any atom is 0.164 e. The summed E-state index contributed by atoms with van der Waals surface area (Å²) in [6.45, 7) is 0. The Morgan fingerprint density at radius 1 is 0.170 bits per heavy atom. The van der Waals surface area contributed by atoms with E-state index in [1.165, 1.54) is 54.4 Å². The molecule has 18 rings (SSSR count). The summed E-state index contributed by atoms with van der Waals surface area (Å²) < 4.78 is 9.68. The highest BCUT2D eigenvalue weighted by Gasteiger charge is 2.24. The van der Waals surface area contributed by atoms with Gasteiger partial charge >= 0.3 is 0 Å². The number of para-hydroxylation sites is 6. The van der Waals surface area contributed by atoms with Gasteiger partial charge in [-0.1, -0.05) is 194 Å². The van der Waals surface area contributed by atoms with Gasteiger partial charge in [-0.2, -0.15) is 0 Å². The first-order valence-corrected chi connectivity index (χ1v) is 29.9. The van der Waals surface area contributed by atoms with Crippen LogP contribution in [-0.2, 0) is 0 Å². The van der Waals surface area contributed by atoms with Crippen molar-refractivity contribution in [1.29, 1.82) is 0 Å². The van der Waals surface area contributed by atoms with Crippen molar-refractivity contribution in [3.8, 4) is 79.2 Å². The first kappa shape index (κ1) is 49.5. The predicted octanol–water partition coefficient (Wildman–Crippen LogP) is 20.6. The normalized spacial score (nSPS) is 11.9. The van der Waals surface area contributed by atoms with Crippen LogP contribution in [0.15, 0.2) is 309 Å². The number of aromatic nitrogens is 7. The number of nitrogens with zero attached hydrogens (tertiary/aromatic N) is 7. The van der Waals surface area contributed by atoms with Crippen LogP contribution in [0.2, 0.25) is 0 Å². The minimum atomic E-state index is 0.588. The molecule has 5 aromatic heterocycles. The summed E-state index contributed by atoms with van der Waals surface area (Å²) in [4.78, 5) is 15.6. The van der Waals surface area contributed by atoms with E-state index in [-0.39, 0.29) is 0 Å². The second-order valence-electron chi connectivity index (χ2n) is 22.8. The summed E-state index contributed by atoms with van der Waals surface area (Å²) in [7, 11) is 0. The van der Waals surface area contributed by atoms with E-state index in [0.717, 1.165) is 94.5 Å². The fraction of sp³-hybridized carbons (Fsp3) is 0. The lowest BCUT2D eigenvalue weighted by molar-refractivity contribution is 1.06. The van der Waals surface area contributed by atoms with Crippen LogP contribution in [0.4, 0.5) is 0 Å². The van der Waals surface area contributed by atoms with E-state index >= 15 is 0 Å². The monoisotopic (exact) mass is 1120 g/mol. The first-order chi connectivity index (χ1) is 43.6. The second kappa shape index (κ2) is 19.8. The molecule has 0 saturated carbocycles. The zero-order valence-electron chi connectivity index (χ0n) is 47.6. The van der Waals surface area contributed by atoms with Crippen molar-refractivity contribution >= 4 is 87.2 Å². The van der Waals surface area contributed by atoms with Crippen molar-refractivity contribution in [2.45, 2.75) is 0 Å². The third kappa shape index (κ3) is 7.81. The minimum absolute atomic E-state index is 0.588. The van der Waals surface area contributed by atoms with E-state index in [4.69, 9.17) is 15.0 Å². The lowest BCUT2D eigenvalue weighted by Gasteiger charge is -2.18. The Kier molecular flexibility index (Phi) is 11.2. The summed E-state index contributed by atoms with van der Waals surface area (Å²) in [5.74, 6) is 1.82. The molecule has 0 aliphatic heterocycles. The van der Waals surface area contributed by atoms with Crippen LogP contribution < -0.4 is 0 Å². The van der Waals surface area contributed by atoms with E-state index in [1.807, 2.05) is 36.4 Å². The standard InChI is InChI=1S/C81H51N7/c1-5-21-52(22-6-1)79-82-80(53-23-7-2-8-24-53)84-81(83-79)58-41-46-77(78(51-58)88-71-35-19-13-29-61(71)62-30-14-20-36-72(62)88)87-75-44-39-56(54-37-42-73-65(47-54)63-31-15-17-33-69(63)85(73)59-25-9-3-10-26-59)49-67(75)68-50-57(40-45-76(68)87)55-38-43-74-66(48-55)64-32-16-18-34-70(64)86(74)60-27-11-4-12-28-60/h1-51H. The van der Waals surface area contributed by atoms with Gasteiger partial charge in [-0.15, -0.1) is 0 Å². The lowest BCUT2D eigenvalue weighted by Crippen LogP contribution is -2.05. The van der Waals surface area contributed by atoms with Crippen LogP contribution in [0, 0.1) is 0 Å².